The van der Waals surface area contributed by atoms with Crippen molar-refractivity contribution in [1.29, 1.82) is 0 Å². The lowest BCUT2D eigenvalue weighted by Crippen LogP contribution is -2.39. The topological polar surface area (TPSA) is 69.2 Å². The molecule has 1 atom stereocenters. The number of hydrogen-bond donors (Lipinski definition) is 1. The molecule has 1 aromatic carbocycles. The van der Waals surface area contributed by atoms with E-state index < -0.39 is 23.7 Å². The second kappa shape index (κ2) is 8.27. The van der Waals surface area contributed by atoms with E-state index in [9.17, 15) is 13.2 Å². The summed E-state index contributed by atoms with van der Waals surface area (Å²) in [5, 5.41) is 3.03. The fourth-order valence-electron chi connectivity index (χ4n) is 2.91. The van der Waals surface area contributed by atoms with Crippen LogP contribution in [0.15, 0.2) is 54.9 Å². The molecule has 30 heavy (non-hydrogen) atoms. The van der Waals surface area contributed by atoms with Gasteiger partial charge >= 0.3 is 6.18 Å². The van der Waals surface area contributed by atoms with E-state index in [2.05, 4.69) is 20.3 Å². The monoisotopic (exact) mass is 416 g/mol. The first-order valence-electron chi connectivity index (χ1n) is 9.36. The molecule has 2 aromatic heterocycles. The zero-order chi connectivity index (χ0) is 21.1. The van der Waals surface area contributed by atoms with Gasteiger partial charge in [-0.3, -0.25) is 4.98 Å². The van der Waals surface area contributed by atoms with Crippen molar-refractivity contribution >= 4 is 5.95 Å². The number of ether oxygens (including phenoxy) is 2. The SMILES string of the molecule is C[C@H](Nc1ncc(C(F)(F)F)c(OC2COC2)n1)c1ccc(-c2ccccn2)cc1. The Labute approximate surface area is 171 Å². The van der Waals surface area contributed by atoms with Crippen molar-refractivity contribution in [3.8, 4) is 17.1 Å². The summed E-state index contributed by atoms with van der Waals surface area (Å²) in [5.41, 5.74) is 1.74. The van der Waals surface area contributed by atoms with Crippen LogP contribution in [0.2, 0.25) is 0 Å². The van der Waals surface area contributed by atoms with E-state index in [0.29, 0.717) is 0 Å². The van der Waals surface area contributed by atoms with Crippen molar-refractivity contribution < 1.29 is 22.6 Å². The minimum atomic E-state index is -4.61. The molecule has 156 valence electrons. The molecule has 1 fully saturated rings. The van der Waals surface area contributed by atoms with Crippen LogP contribution in [0.3, 0.4) is 0 Å². The van der Waals surface area contributed by atoms with Crippen LogP contribution in [0.5, 0.6) is 5.88 Å². The van der Waals surface area contributed by atoms with Crippen LogP contribution in [0.1, 0.15) is 24.1 Å². The number of hydrogen-bond acceptors (Lipinski definition) is 6. The van der Waals surface area contributed by atoms with Crippen molar-refractivity contribution in [3.05, 3.63) is 66.0 Å². The zero-order valence-corrected chi connectivity index (χ0v) is 16.1. The average molecular weight is 416 g/mol. The number of aromatic nitrogens is 3. The van der Waals surface area contributed by atoms with Gasteiger partial charge in [0, 0.05) is 18.0 Å². The Morgan fingerprint density at radius 1 is 1.10 bits per heavy atom. The fourth-order valence-corrected chi connectivity index (χ4v) is 2.91. The molecule has 1 N–H and O–H groups in total. The summed E-state index contributed by atoms with van der Waals surface area (Å²) in [6, 6.07) is 13.2. The molecule has 0 spiro atoms. The Morgan fingerprint density at radius 2 is 1.87 bits per heavy atom. The molecule has 0 unspecified atom stereocenters. The van der Waals surface area contributed by atoms with Crippen molar-refractivity contribution in [2.24, 2.45) is 0 Å². The average Bonchev–Trinajstić information content (AvgIpc) is 2.71. The third-order valence-corrected chi connectivity index (χ3v) is 4.66. The highest BCUT2D eigenvalue weighted by Gasteiger charge is 2.37. The molecule has 1 saturated heterocycles. The number of nitrogens with zero attached hydrogens (tertiary/aromatic N) is 3. The summed E-state index contributed by atoms with van der Waals surface area (Å²) in [5.74, 6) is -0.439. The van der Waals surface area contributed by atoms with Crippen LogP contribution >= 0.6 is 0 Å². The van der Waals surface area contributed by atoms with Gasteiger partial charge in [-0.05, 0) is 24.6 Å². The molecule has 1 aliphatic rings. The van der Waals surface area contributed by atoms with Gasteiger partial charge in [-0.15, -0.1) is 0 Å². The molecule has 0 saturated carbocycles. The number of alkyl halides is 3. The summed E-state index contributed by atoms with van der Waals surface area (Å²) in [4.78, 5) is 12.1. The summed E-state index contributed by atoms with van der Waals surface area (Å²) in [7, 11) is 0. The molecular formula is C21H19F3N4O2. The van der Waals surface area contributed by atoms with E-state index in [1.165, 1.54) is 0 Å². The number of nitrogens with one attached hydrogen (secondary N) is 1. The maximum absolute atomic E-state index is 13.2. The van der Waals surface area contributed by atoms with Gasteiger partial charge in [0.1, 0.15) is 11.7 Å². The quantitative estimate of drug-likeness (QED) is 0.638. The Balaban J connectivity index is 1.51. The number of halogens is 3. The van der Waals surface area contributed by atoms with Gasteiger partial charge in [0.2, 0.25) is 11.8 Å². The van der Waals surface area contributed by atoms with Gasteiger partial charge in [0.25, 0.3) is 0 Å². The second-order valence-electron chi connectivity index (χ2n) is 6.89. The van der Waals surface area contributed by atoms with E-state index in [-0.39, 0.29) is 25.2 Å². The highest BCUT2D eigenvalue weighted by molar-refractivity contribution is 5.59. The van der Waals surface area contributed by atoms with Crippen molar-refractivity contribution in [2.45, 2.75) is 25.2 Å². The van der Waals surface area contributed by atoms with E-state index >= 15 is 0 Å². The van der Waals surface area contributed by atoms with E-state index in [0.717, 1.165) is 23.0 Å². The molecule has 0 bridgehead atoms. The minimum absolute atomic E-state index is 0.0551. The van der Waals surface area contributed by atoms with Crippen molar-refractivity contribution in [2.75, 3.05) is 18.5 Å². The first kappa shape index (κ1) is 20.1. The first-order chi connectivity index (χ1) is 14.4. The molecule has 3 aromatic rings. The van der Waals surface area contributed by atoms with Gasteiger partial charge in [0.15, 0.2) is 0 Å². The maximum atomic E-state index is 13.2. The van der Waals surface area contributed by atoms with E-state index in [1.54, 1.807) is 6.20 Å². The molecule has 0 radical (unpaired) electrons. The highest BCUT2D eigenvalue weighted by Crippen LogP contribution is 2.36. The smallest absolute Gasteiger partial charge is 0.423 e. The minimum Gasteiger partial charge on any atom is -0.469 e. The van der Waals surface area contributed by atoms with Gasteiger partial charge in [-0.25, -0.2) is 4.98 Å². The molecule has 4 rings (SSSR count). The predicted molar refractivity (Wildman–Crippen MR) is 104 cm³/mol. The molecule has 3 heterocycles. The standard InChI is InChI=1S/C21H19F3N4O2/c1-13(14-5-7-15(8-6-14)18-4-2-3-9-25-18)27-20-26-10-17(21(22,23)24)19(28-20)30-16-11-29-12-16/h2-10,13,16H,11-12H2,1H3,(H,26,27,28)/t13-/m0/s1. The normalized spacial score (nSPS) is 15.3. The Morgan fingerprint density at radius 3 is 2.47 bits per heavy atom. The molecule has 6 nitrogen and oxygen atoms in total. The summed E-state index contributed by atoms with van der Waals surface area (Å²) >= 11 is 0. The van der Waals surface area contributed by atoms with Gasteiger partial charge in [-0.2, -0.15) is 18.2 Å². The zero-order valence-electron chi connectivity index (χ0n) is 16.1. The van der Waals surface area contributed by atoms with Gasteiger partial charge in [-0.1, -0.05) is 30.3 Å². The van der Waals surface area contributed by atoms with Crippen LogP contribution < -0.4 is 10.1 Å². The van der Waals surface area contributed by atoms with Crippen molar-refractivity contribution in [1.82, 2.24) is 15.0 Å². The van der Waals surface area contributed by atoms with Crippen LogP contribution in [0.4, 0.5) is 19.1 Å². The van der Waals surface area contributed by atoms with Gasteiger partial charge < -0.3 is 14.8 Å². The lowest BCUT2D eigenvalue weighted by Gasteiger charge is -2.27. The second-order valence-corrected chi connectivity index (χ2v) is 6.89. The molecule has 0 aliphatic carbocycles. The number of anilines is 1. The van der Waals surface area contributed by atoms with Crippen LogP contribution in [0, 0.1) is 0 Å². The fraction of sp³-hybridized carbons (Fsp3) is 0.286. The molecule has 1 aliphatic heterocycles. The van der Waals surface area contributed by atoms with Crippen LogP contribution in [-0.2, 0) is 10.9 Å². The number of benzene rings is 1. The summed E-state index contributed by atoms with van der Waals surface area (Å²) in [6.45, 7) is 2.35. The predicted octanol–water partition coefficient (Wildman–Crippen LogP) is 4.51. The maximum Gasteiger partial charge on any atom is 0.423 e. The molecular weight excluding hydrogens is 397 g/mol. The lowest BCUT2D eigenvalue weighted by atomic mass is 10.0. The van der Waals surface area contributed by atoms with Gasteiger partial charge in [0.05, 0.1) is 24.9 Å². The van der Waals surface area contributed by atoms with Crippen molar-refractivity contribution in [3.63, 3.8) is 0 Å². The number of rotatable bonds is 6. The third-order valence-electron chi connectivity index (χ3n) is 4.66. The summed E-state index contributed by atoms with van der Waals surface area (Å²) < 4.78 is 50.0. The Kier molecular flexibility index (Phi) is 5.54. The summed E-state index contributed by atoms with van der Waals surface area (Å²) in [6.07, 6.45) is -2.58. The lowest BCUT2D eigenvalue weighted by molar-refractivity contribution is -0.142. The van der Waals surface area contributed by atoms with E-state index in [1.807, 2.05) is 49.4 Å². The third kappa shape index (κ3) is 4.51. The Bertz CT molecular complexity index is 993. The van der Waals surface area contributed by atoms with Crippen LogP contribution in [-0.4, -0.2) is 34.3 Å². The Hall–Kier alpha value is -3.20. The van der Waals surface area contributed by atoms with Crippen LogP contribution in [0.25, 0.3) is 11.3 Å². The number of pyridine rings is 1. The highest BCUT2D eigenvalue weighted by atomic mass is 19.4. The largest absolute Gasteiger partial charge is 0.469 e. The first-order valence-corrected chi connectivity index (χ1v) is 9.36. The molecule has 0 amide bonds. The van der Waals surface area contributed by atoms with E-state index in [4.69, 9.17) is 9.47 Å². The molecule has 9 heteroatoms.